The predicted octanol–water partition coefficient (Wildman–Crippen LogP) is 3.62. The first-order chi connectivity index (χ1) is 12.5. The average Bonchev–Trinajstić information content (AvgIpc) is 2.64. The van der Waals surface area contributed by atoms with Crippen molar-refractivity contribution >= 4 is 23.6 Å². The van der Waals surface area contributed by atoms with Crippen molar-refractivity contribution in [3.8, 4) is 5.75 Å². The van der Waals surface area contributed by atoms with E-state index in [0.29, 0.717) is 43.3 Å². The van der Waals surface area contributed by atoms with E-state index in [1.807, 2.05) is 6.92 Å². The number of nitrogens with one attached hydrogen (secondary N) is 1. The molecule has 7 heteroatoms. The fraction of sp³-hybridized carbons (Fsp3) is 0.579. The predicted molar refractivity (Wildman–Crippen MR) is 101 cm³/mol. The molecule has 1 saturated heterocycles. The van der Waals surface area contributed by atoms with E-state index in [0.717, 1.165) is 12.8 Å². The maximum atomic E-state index is 12.5. The highest BCUT2D eigenvalue weighted by atomic mass is 35.5. The lowest BCUT2D eigenvalue weighted by atomic mass is 10.0. The van der Waals surface area contributed by atoms with Crippen LogP contribution < -0.4 is 10.1 Å². The van der Waals surface area contributed by atoms with Gasteiger partial charge in [-0.3, -0.25) is 4.79 Å². The lowest BCUT2D eigenvalue weighted by Crippen LogP contribution is -2.49. The summed E-state index contributed by atoms with van der Waals surface area (Å²) >= 11 is 5.85. The molecule has 144 valence electrons. The topological polar surface area (TPSA) is 67.9 Å². The molecule has 1 aromatic rings. The Morgan fingerprint density at radius 2 is 1.92 bits per heavy atom. The standard InChI is InChI=1S/C19H27ClN2O4/c1-3-4-13-25-19(24)21-16-9-11-22(12-10-16)18(23)14(2)26-17-7-5-15(20)6-8-17/h5-8,14,16H,3-4,9-13H2,1-2H3,(H,21,24). The number of carbonyl (C=O) groups excluding carboxylic acids is 2. The summed E-state index contributed by atoms with van der Waals surface area (Å²) in [5, 5.41) is 3.49. The number of carbonyl (C=O) groups is 2. The van der Waals surface area contributed by atoms with Gasteiger partial charge < -0.3 is 19.7 Å². The van der Waals surface area contributed by atoms with E-state index in [1.54, 1.807) is 36.1 Å². The number of piperidine rings is 1. The normalized spacial score (nSPS) is 16.0. The van der Waals surface area contributed by atoms with Crippen LogP contribution >= 0.6 is 11.6 Å². The van der Waals surface area contributed by atoms with Gasteiger partial charge in [0.1, 0.15) is 5.75 Å². The molecular formula is C19H27ClN2O4. The van der Waals surface area contributed by atoms with Crippen molar-refractivity contribution in [3.05, 3.63) is 29.3 Å². The van der Waals surface area contributed by atoms with Crippen LogP contribution in [0.5, 0.6) is 5.75 Å². The second-order valence-electron chi connectivity index (χ2n) is 6.45. The quantitative estimate of drug-likeness (QED) is 0.731. The summed E-state index contributed by atoms with van der Waals surface area (Å²) in [6, 6.07) is 6.98. The fourth-order valence-corrected chi connectivity index (χ4v) is 2.91. The van der Waals surface area contributed by atoms with Gasteiger partial charge in [0.05, 0.1) is 6.61 Å². The van der Waals surface area contributed by atoms with E-state index in [1.165, 1.54) is 0 Å². The summed E-state index contributed by atoms with van der Waals surface area (Å²) in [4.78, 5) is 26.0. The largest absolute Gasteiger partial charge is 0.481 e. The van der Waals surface area contributed by atoms with Crippen molar-refractivity contribution in [3.63, 3.8) is 0 Å². The van der Waals surface area contributed by atoms with E-state index < -0.39 is 6.10 Å². The van der Waals surface area contributed by atoms with Gasteiger partial charge in [-0.15, -0.1) is 0 Å². The first-order valence-corrected chi connectivity index (χ1v) is 9.51. The number of hydrogen-bond donors (Lipinski definition) is 1. The molecule has 0 radical (unpaired) electrons. The number of unbranched alkanes of at least 4 members (excludes halogenated alkanes) is 1. The Bertz CT molecular complexity index is 586. The number of benzene rings is 1. The molecule has 0 saturated carbocycles. The Balaban J connectivity index is 1.73. The van der Waals surface area contributed by atoms with Crippen molar-refractivity contribution < 1.29 is 19.1 Å². The van der Waals surface area contributed by atoms with E-state index in [-0.39, 0.29) is 18.0 Å². The third kappa shape index (κ3) is 6.41. The van der Waals surface area contributed by atoms with Crippen LogP contribution in [0.4, 0.5) is 4.79 Å². The molecule has 0 spiro atoms. The second-order valence-corrected chi connectivity index (χ2v) is 6.88. The maximum absolute atomic E-state index is 12.5. The van der Waals surface area contributed by atoms with Crippen LogP contribution in [0.2, 0.25) is 5.02 Å². The van der Waals surface area contributed by atoms with Crippen LogP contribution in [0, 0.1) is 0 Å². The van der Waals surface area contributed by atoms with Crippen molar-refractivity contribution in [1.82, 2.24) is 10.2 Å². The van der Waals surface area contributed by atoms with E-state index in [4.69, 9.17) is 21.1 Å². The number of halogens is 1. The average molecular weight is 383 g/mol. The zero-order chi connectivity index (χ0) is 18.9. The van der Waals surface area contributed by atoms with Gasteiger partial charge in [-0.25, -0.2) is 4.79 Å². The summed E-state index contributed by atoms with van der Waals surface area (Å²) in [7, 11) is 0. The van der Waals surface area contributed by atoms with E-state index >= 15 is 0 Å². The minimum absolute atomic E-state index is 0.0423. The van der Waals surface area contributed by atoms with Gasteiger partial charge in [-0.2, -0.15) is 0 Å². The molecule has 1 heterocycles. The minimum atomic E-state index is -0.570. The summed E-state index contributed by atoms with van der Waals surface area (Å²) < 4.78 is 10.8. The monoisotopic (exact) mass is 382 g/mol. The SMILES string of the molecule is CCCCOC(=O)NC1CCN(C(=O)C(C)Oc2ccc(Cl)cc2)CC1. The van der Waals surface area contributed by atoms with Crippen LogP contribution in [0.15, 0.2) is 24.3 Å². The highest BCUT2D eigenvalue weighted by Gasteiger charge is 2.27. The number of amides is 2. The summed E-state index contributed by atoms with van der Waals surface area (Å²) in [6.07, 6.45) is 2.34. The Labute approximate surface area is 159 Å². The smallest absolute Gasteiger partial charge is 0.407 e. The van der Waals surface area contributed by atoms with Gasteiger partial charge in [0.2, 0.25) is 0 Å². The van der Waals surface area contributed by atoms with E-state index in [9.17, 15) is 9.59 Å². The lowest BCUT2D eigenvalue weighted by Gasteiger charge is -2.33. The molecule has 6 nitrogen and oxygen atoms in total. The van der Waals surface area contributed by atoms with Crippen LogP contribution in [-0.4, -0.2) is 48.7 Å². The number of alkyl carbamates (subject to hydrolysis) is 1. The molecule has 2 amide bonds. The molecule has 2 rings (SSSR count). The molecule has 1 atom stereocenters. The van der Waals surface area contributed by atoms with Gasteiger partial charge >= 0.3 is 6.09 Å². The van der Waals surface area contributed by atoms with Gasteiger partial charge in [0.15, 0.2) is 6.10 Å². The van der Waals surface area contributed by atoms with Gasteiger partial charge in [-0.1, -0.05) is 24.9 Å². The maximum Gasteiger partial charge on any atom is 0.407 e. The highest BCUT2D eigenvalue weighted by molar-refractivity contribution is 6.30. The van der Waals surface area contributed by atoms with Crippen LogP contribution in [0.1, 0.15) is 39.5 Å². The van der Waals surface area contributed by atoms with Gasteiger partial charge in [-0.05, 0) is 50.5 Å². The number of nitrogens with zero attached hydrogens (tertiary/aromatic N) is 1. The fourth-order valence-electron chi connectivity index (χ4n) is 2.79. The summed E-state index contributed by atoms with van der Waals surface area (Å²) in [5.74, 6) is 0.561. The molecule has 1 aliphatic rings. The van der Waals surface area contributed by atoms with Crippen LogP contribution in [0.25, 0.3) is 0 Å². The lowest BCUT2D eigenvalue weighted by molar-refractivity contribution is -0.139. The third-order valence-corrected chi connectivity index (χ3v) is 4.59. The summed E-state index contributed by atoms with van der Waals surface area (Å²) in [5.41, 5.74) is 0. The third-order valence-electron chi connectivity index (χ3n) is 4.33. The minimum Gasteiger partial charge on any atom is -0.481 e. The molecule has 1 unspecified atom stereocenters. The second kappa shape index (κ2) is 10.3. The molecule has 1 fully saturated rings. The Kier molecular flexibility index (Phi) is 8.04. The Morgan fingerprint density at radius 1 is 1.27 bits per heavy atom. The van der Waals surface area contributed by atoms with Crippen molar-refractivity contribution in [2.75, 3.05) is 19.7 Å². The number of hydrogen-bond acceptors (Lipinski definition) is 4. The van der Waals surface area contributed by atoms with Crippen LogP contribution in [-0.2, 0) is 9.53 Å². The first kappa shape index (κ1) is 20.4. The number of rotatable bonds is 7. The molecule has 0 bridgehead atoms. The first-order valence-electron chi connectivity index (χ1n) is 9.14. The number of likely N-dealkylation sites (tertiary alicyclic amines) is 1. The number of ether oxygens (including phenoxy) is 2. The molecular weight excluding hydrogens is 356 g/mol. The molecule has 26 heavy (non-hydrogen) atoms. The van der Waals surface area contributed by atoms with Crippen molar-refractivity contribution in [2.45, 2.75) is 51.7 Å². The van der Waals surface area contributed by atoms with E-state index in [2.05, 4.69) is 5.32 Å². The Morgan fingerprint density at radius 3 is 2.54 bits per heavy atom. The van der Waals surface area contributed by atoms with Gasteiger partial charge in [0.25, 0.3) is 5.91 Å². The van der Waals surface area contributed by atoms with Crippen molar-refractivity contribution in [1.29, 1.82) is 0 Å². The zero-order valence-corrected chi connectivity index (χ0v) is 16.1. The highest BCUT2D eigenvalue weighted by Crippen LogP contribution is 2.18. The Hall–Kier alpha value is -1.95. The summed E-state index contributed by atoms with van der Waals surface area (Å²) in [6.45, 7) is 5.41. The molecule has 0 aliphatic carbocycles. The molecule has 1 aromatic carbocycles. The molecule has 0 aromatic heterocycles. The zero-order valence-electron chi connectivity index (χ0n) is 15.4. The molecule has 1 N–H and O–H groups in total. The van der Waals surface area contributed by atoms with Gasteiger partial charge in [0, 0.05) is 24.2 Å². The molecule has 1 aliphatic heterocycles. The van der Waals surface area contributed by atoms with Crippen LogP contribution in [0.3, 0.4) is 0 Å². The van der Waals surface area contributed by atoms with Crippen molar-refractivity contribution in [2.24, 2.45) is 0 Å².